The van der Waals surface area contributed by atoms with Crippen LogP contribution in [0.3, 0.4) is 0 Å². The monoisotopic (exact) mass is 273 g/mol. The van der Waals surface area contributed by atoms with Crippen LogP contribution in [0.25, 0.3) is 0 Å². The van der Waals surface area contributed by atoms with Gasteiger partial charge in [-0.3, -0.25) is 10.1 Å². The number of nitro groups is 1. The average Bonchev–Trinajstić information content (AvgIpc) is 2.50. The van der Waals surface area contributed by atoms with Crippen molar-refractivity contribution < 1.29 is 14.4 Å². The number of benzene rings is 2. The van der Waals surface area contributed by atoms with Crippen molar-refractivity contribution in [3.63, 3.8) is 0 Å². The van der Waals surface area contributed by atoms with Gasteiger partial charge in [-0.25, -0.2) is 0 Å². The van der Waals surface area contributed by atoms with E-state index in [9.17, 15) is 10.1 Å². The summed E-state index contributed by atoms with van der Waals surface area (Å²) in [6.07, 6.45) is 0. The summed E-state index contributed by atoms with van der Waals surface area (Å²) in [4.78, 5) is 10.5. The molecule has 104 valence electrons. The Morgan fingerprint density at radius 2 is 1.55 bits per heavy atom. The molecule has 5 nitrogen and oxygen atoms in total. The summed E-state index contributed by atoms with van der Waals surface area (Å²) in [5, 5.41) is 10.9. The van der Waals surface area contributed by atoms with Crippen molar-refractivity contribution in [1.82, 2.24) is 0 Å². The highest BCUT2D eigenvalue weighted by Gasteiger charge is 2.35. The highest BCUT2D eigenvalue weighted by molar-refractivity contribution is 5.41. The fourth-order valence-corrected chi connectivity index (χ4v) is 2.20. The molecule has 0 saturated carbocycles. The minimum absolute atomic E-state index is 0.00286. The maximum Gasteiger partial charge on any atom is 0.269 e. The van der Waals surface area contributed by atoms with Gasteiger partial charge in [0.15, 0.2) is 0 Å². The van der Waals surface area contributed by atoms with Crippen LogP contribution in [0.4, 0.5) is 5.69 Å². The molecule has 2 aromatic carbocycles. The van der Waals surface area contributed by atoms with Gasteiger partial charge in [0.2, 0.25) is 5.79 Å². The first kappa shape index (κ1) is 14.2. The summed E-state index contributed by atoms with van der Waals surface area (Å²) in [5.74, 6) is -1.16. The second kappa shape index (κ2) is 5.81. The molecule has 2 rings (SSSR count). The quantitative estimate of drug-likeness (QED) is 0.477. The Kier molecular flexibility index (Phi) is 4.12. The molecule has 0 bridgehead atoms. The maximum atomic E-state index is 10.9. The molecule has 5 heteroatoms. The third kappa shape index (κ3) is 2.41. The van der Waals surface area contributed by atoms with Crippen LogP contribution in [0.2, 0.25) is 0 Å². The van der Waals surface area contributed by atoms with E-state index in [1.54, 1.807) is 12.1 Å². The Bertz CT molecular complexity index is 594. The van der Waals surface area contributed by atoms with E-state index in [2.05, 4.69) is 0 Å². The van der Waals surface area contributed by atoms with Crippen molar-refractivity contribution in [3.05, 3.63) is 75.8 Å². The number of nitrogens with zero attached hydrogens (tertiary/aromatic N) is 1. The number of ether oxygens (including phenoxy) is 2. The van der Waals surface area contributed by atoms with Crippen LogP contribution < -0.4 is 0 Å². The minimum atomic E-state index is -1.16. The van der Waals surface area contributed by atoms with Crippen LogP contribution in [0.5, 0.6) is 0 Å². The summed E-state index contributed by atoms with van der Waals surface area (Å²) < 4.78 is 11.1. The van der Waals surface area contributed by atoms with Crippen molar-refractivity contribution in [3.8, 4) is 0 Å². The summed E-state index contributed by atoms with van der Waals surface area (Å²) in [5.41, 5.74) is 1.34. The molecule has 20 heavy (non-hydrogen) atoms. The molecule has 0 saturated heterocycles. The molecule has 2 aromatic rings. The van der Waals surface area contributed by atoms with Crippen molar-refractivity contribution in [1.29, 1.82) is 0 Å². The van der Waals surface area contributed by atoms with Gasteiger partial charge in [0.05, 0.1) is 4.92 Å². The first-order valence-electron chi connectivity index (χ1n) is 6.05. The number of rotatable bonds is 5. The molecular formula is C15H15NO4. The Labute approximate surface area is 116 Å². The minimum Gasteiger partial charge on any atom is -0.346 e. The van der Waals surface area contributed by atoms with Crippen LogP contribution in [0.1, 0.15) is 11.1 Å². The zero-order chi connectivity index (χ0) is 14.6. The zero-order valence-corrected chi connectivity index (χ0v) is 11.3. The smallest absolute Gasteiger partial charge is 0.269 e. The molecule has 0 aliphatic carbocycles. The Morgan fingerprint density at radius 1 is 0.950 bits per heavy atom. The third-order valence-corrected chi connectivity index (χ3v) is 3.17. The van der Waals surface area contributed by atoms with Gasteiger partial charge < -0.3 is 9.47 Å². The van der Waals surface area contributed by atoms with Crippen LogP contribution in [-0.2, 0) is 15.3 Å². The Balaban J connectivity index is 2.59. The lowest BCUT2D eigenvalue weighted by molar-refractivity contribution is -0.385. The van der Waals surface area contributed by atoms with Crippen LogP contribution in [-0.4, -0.2) is 19.1 Å². The Morgan fingerprint density at radius 3 is 2.10 bits per heavy atom. The molecule has 0 aliphatic heterocycles. The predicted molar refractivity (Wildman–Crippen MR) is 74.3 cm³/mol. The van der Waals surface area contributed by atoms with Crippen molar-refractivity contribution >= 4 is 5.69 Å². The highest BCUT2D eigenvalue weighted by Crippen LogP contribution is 2.35. The number of methoxy groups -OCH3 is 2. The van der Waals surface area contributed by atoms with E-state index in [4.69, 9.17) is 9.47 Å². The fraction of sp³-hybridized carbons (Fsp3) is 0.200. The highest BCUT2D eigenvalue weighted by atomic mass is 16.7. The molecule has 0 spiro atoms. The predicted octanol–water partition coefficient (Wildman–Crippen LogP) is 3.09. The van der Waals surface area contributed by atoms with E-state index in [-0.39, 0.29) is 5.69 Å². The second-order valence-corrected chi connectivity index (χ2v) is 4.20. The van der Waals surface area contributed by atoms with E-state index in [1.165, 1.54) is 26.4 Å². The topological polar surface area (TPSA) is 61.6 Å². The summed E-state index contributed by atoms with van der Waals surface area (Å²) in [6, 6.07) is 15.6. The van der Waals surface area contributed by atoms with E-state index in [1.807, 2.05) is 30.3 Å². The van der Waals surface area contributed by atoms with E-state index >= 15 is 0 Å². The van der Waals surface area contributed by atoms with Crippen LogP contribution in [0, 0.1) is 10.1 Å². The lowest BCUT2D eigenvalue weighted by Crippen LogP contribution is -2.32. The number of hydrogen-bond acceptors (Lipinski definition) is 4. The lowest BCUT2D eigenvalue weighted by atomic mass is 9.96. The number of hydrogen-bond donors (Lipinski definition) is 0. The first-order valence-corrected chi connectivity index (χ1v) is 6.05. The molecule has 0 unspecified atom stereocenters. The molecule has 0 radical (unpaired) electrons. The Hall–Kier alpha value is -2.24. The SMILES string of the molecule is COC(OC)(c1ccccc1)c1cccc([N+](=O)[O-])c1. The maximum absolute atomic E-state index is 10.9. The third-order valence-electron chi connectivity index (χ3n) is 3.17. The van der Waals surface area contributed by atoms with Crippen LogP contribution in [0.15, 0.2) is 54.6 Å². The molecular weight excluding hydrogens is 258 g/mol. The van der Waals surface area contributed by atoms with Gasteiger partial charge in [0.1, 0.15) is 0 Å². The molecule has 0 atom stereocenters. The van der Waals surface area contributed by atoms with E-state index < -0.39 is 10.7 Å². The van der Waals surface area contributed by atoms with Gasteiger partial charge in [-0.15, -0.1) is 0 Å². The summed E-state index contributed by atoms with van der Waals surface area (Å²) >= 11 is 0. The standard InChI is InChI=1S/C15H15NO4/c1-19-15(20-2,12-7-4-3-5-8-12)13-9-6-10-14(11-13)16(17)18/h3-11H,1-2H3. The lowest BCUT2D eigenvalue weighted by Gasteiger charge is -2.31. The molecule has 0 aromatic heterocycles. The van der Waals surface area contributed by atoms with Crippen molar-refractivity contribution in [2.24, 2.45) is 0 Å². The largest absolute Gasteiger partial charge is 0.346 e. The van der Waals surface area contributed by atoms with E-state index in [0.29, 0.717) is 5.56 Å². The van der Waals surface area contributed by atoms with Gasteiger partial charge in [0.25, 0.3) is 5.69 Å². The molecule has 0 heterocycles. The first-order chi connectivity index (χ1) is 9.64. The number of non-ortho nitro benzene ring substituents is 1. The van der Waals surface area contributed by atoms with Gasteiger partial charge in [0, 0.05) is 37.5 Å². The molecule has 0 aliphatic rings. The zero-order valence-electron chi connectivity index (χ0n) is 11.3. The molecule has 0 amide bonds. The summed E-state index contributed by atoms with van der Waals surface area (Å²) in [6.45, 7) is 0. The van der Waals surface area contributed by atoms with Crippen molar-refractivity contribution in [2.75, 3.05) is 14.2 Å². The van der Waals surface area contributed by atoms with Gasteiger partial charge in [-0.05, 0) is 0 Å². The second-order valence-electron chi connectivity index (χ2n) is 4.20. The molecule has 0 fully saturated rings. The van der Waals surface area contributed by atoms with E-state index in [0.717, 1.165) is 5.56 Å². The van der Waals surface area contributed by atoms with Gasteiger partial charge >= 0.3 is 0 Å². The van der Waals surface area contributed by atoms with Gasteiger partial charge in [-0.1, -0.05) is 42.5 Å². The average molecular weight is 273 g/mol. The van der Waals surface area contributed by atoms with Crippen LogP contribution >= 0.6 is 0 Å². The number of nitro benzene ring substituents is 1. The normalized spacial score (nSPS) is 11.3. The molecule has 0 N–H and O–H groups in total. The summed E-state index contributed by atoms with van der Waals surface area (Å²) in [7, 11) is 3.02. The fourth-order valence-electron chi connectivity index (χ4n) is 2.20. The van der Waals surface area contributed by atoms with Crippen molar-refractivity contribution in [2.45, 2.75) is 5.79 Å². The van der Waals surface area contributed by atoms with Gasteiger partial charge in [-0.2, -0.15) is 0 Å².